The molecule has 29 heavy (non-hydrogen) atoms. The number of aliphatic hydroxyl groups is 1. The number of carbonyl (C=O) groups excluding carboxylic acids is 1. The maximum absolute atomic E-state index is 13.0. The van der Waals surface area contributed by atoms with Crippen molar-refractivity contribution in [2.45, 2.75) is 18.9 Å². The largest absolute Gasteiger partial charge is 0.394 e. The lowest BCUT2D eigenvalue weighted by Crippen LogP contribution is -2.42. The van der Waals surface area contributed by atoms with Gasteiger partial charge in [0.1, 0.15) is 5.56 Å². The first-order valence-corrected chi connectivity index (χ1v) is 9.67. The van der Waals surface area contributed by atoms with Crippen LogP contribution in [0.5, 0.6) is 0 Å². The Kier molecular flexibility index (Phi) is 5.42. The number of nitrogens with zero attached hydrogens (tertiary/aromatic N) is 3. The quantitative estimate of drug-likeness (QED) is 0.650. The Hall–Kier alpha value is -3.03. The van der Waals surface area contributed by atoms with E-state index >= 15 is 0 Å². The van der Waals surface area contributed by atoms with Crippen LogP contribution >= 0.6 is 11.6 Å². The zero-order valence-electron chi connectivity index (χ0n) is 15.5. The summed E-state index contributed by atoms with van der Waals surface area (Å²) in [5.41, 5.74) is 1.00. The Morgan fingerprint density at radius 3 is 2.66 bits per heavy atom. The fourth-order valence-corrected chi connectivity index (χ4v) is 3.26. The lowest BCUT2D eigenvalue weighted by Gasteiger charge is -2.16. The second kappa shape index (κ2) is 8.14. The van der Waals surface area contributed by atoms with Crippen molar-refractivity contribution in [3.05, 3.63) is 75.8 Å². The number of benzene rings is 1. The van der Waals surface area contributed by atoms with E-state index < -0.39 is 11.5 Å². The molecule has 3 aromatic rings. The van der Waals surface area contributed by atoms with Crippen LogP contribution in [0.2, 0.25) is 5.02 Å². The molecular weight excluding hydrogens is 392 g/mol. The molecule has 2 aromatic heterocycles. The number of amides is 1. The second-order valence-corrected chi connectivity index (χ2v) is 7.41. The first kappa shape index (κ1) is 19.3. The van der Waals surface area contributed by atoms with Crippen LogP contribution in [0.25, 0.3) is 16.9 Å². The number of halogens is 1. The van der Waals surface area contributed by atoms with E-state index in [-0.39, 0.29) is 24.1 Å². The van der Waals surface area contributed by atoms with E-state index in [1.165, 1.54) is 12.3 Å². The normalized spacial score (nSPS) is 14.4. The van der Waals surface area contributed by atoms with Gasteiger partial charge in [0.25, 0.3) is 11.5 Å². The Bertz CT molecular complexity index is 1080. The van der Waals surface area contributed by atoms with Crippen molar-refractivity contribution in [3.63, 3.8) is 0 Å². The smallest absolute Gasteiger partial charge is 0.284 e. The molecule has 148 valence electrons. The lowest BCUT2D eigenvalue weighted by molar-refractivity contribution is 0.0906. The van der Waals surface area contributed by atoms with Crippen LogP contribution in [0.3, 0.4) is 0 Å². The van der Waals surface area contributed by atoms with Crippen molar-refractivity contribution in [1.82, 2.24) is 20.1 Å². The van der Waals surface area contributed by atoms with E-state index in [0.717, 1.165) is 17.5 Å². The monoisotopic (exact) mass is 410 g/mol. The fraction of sp³-hybridized carbons (Fsp3) is 0.238. The third kappa shape index (κ3) is 4.21. The molecule has 4 rings (SSSR count). The molecule has 2 N–H and O–H groups in total. The number of hydrogen-bond acceptors (Lipinski definition) is 5. The first-order valence-electron chi connectivity index (χ1n) is 9.29. The van der Waals surface area contributed by atoms with Crippen LogP contribution in [0.1, 0.15) is 23.2 Å². The van der Waals surface area contributed by atoms with Gasteiger partial charge < -0.3 is 10.4 Å². The maximum Gasteiger partial charge on any atom is 0.284 e. The highest BCUT2D eigenvalue weighted by atomic mass is 35.5. The lowest BCUT2D eigenvalue weighted by atomic mass is 10.1. The number of aliphatic hydroxyl groups excluding tert-OH is 1. The van der Waals surface area contributed by atoms with E-state index in [1.807, 2.05) is 0 Å². The molecule has 1 aromatic carbocycles. The minimum atomic E-state index is -0.555. The summed E-state index contributed by atoms with van der Waals surface area (Å²) < 4.78 is 1.16. The molecule has 1 aliphatic rings. The van der Waals surface area contributed by atoms with Gasteiger partial charge in [-0.1, -0.05) is 23.7 Å². The molecule has 2 heterocycles. The topological polar surface area (TPSA) is 97.1 Å². The van der Waals surface area contributed by atoms with Gasteiger partial charge in [-0.25, -0.2) is 0 Å². The van der Waals surface area contributed by atoms with Crippen molar-refractivity contribution < 1.29 is 9.90 Å². The summed E-state index contributed by atoms with van der Waals surface area (Å²) in [5.74, 6) is -0.279. The summed E-state index contributed by atoms with van der Waals surface area (Å²) in [4.78, 5) is 30.0. The summed E-state index contributed by atoms with van der Waals surface area (Å²) >= 11 is 5.97. The van der Waals surface area contributed by atoms with E-state index in [1.54, 1.807) is 42.6 Å². The molecule has 0 saturated heterocycles. The highest BCUT2D eigenvalue weighted by molar-refractivity contribution is 6.30. The summed E-state index contributed by atoms with van der Waals surface area (Å²) in [6.45, 7) is -0.164. The SMILES string of the molecule is O=C(NC(CO)C1CC1)c1cc(-c2ccc(Cl)cc2)nn(-c2cccnc2)c1=O. The molecule has 1 saturated carbocycles. The zero-order chi connectivity index (χ0) is 20.4. The average molecular weight is 411 g/mol. The van der Waals surface area contributed by atoms with Crippen LogP contribution in [0.15, 0.2) is 59.7 Å². The Labute approximate surface area is 172 Å². The van der Waals surface area contributed by atoms with Crippen molar-refractivity contribution in [1.29, 1.82) is 0 Å². The molecule has 1 aliphatic carbocycles. The Morgan fingerprint density at radius 1 is 1.28 bits per heavy atom. The van der Waals surface area contributed by atoms with Gasteiger partial charge >= 0.3 is 0 Å². The number of carbonyl (C=O) groups is 1. The highest BCUT2D eigenvalue weighted by Gasteiger charge is 2.32. The average Bonchev–Trinajstić information content (AvgIpc) is 3.58. The predicted octanol–water partition coefficient (Wildman–Crippen LogP) is 2.45. The van der Waals surface area contributed by atoms with Gasteiger partial charge in [0.2, 0.25) is 0 Å². The van der Waals surface area contributed by atoms with Crippen molar-refractivity contribution >= 4 is 17.5 Å². The van der Waals surface area contributed by atoms with Crippen molar-refractivity contribution in [3.8, 4) is 16.9 Å². The number of rotatable bonds is 6. The van der Waals surface area contributed by atoms with E-state index in [9.17, 15) is 14.7 Å². The maximum atomic E-state index is 13.0. The number of hydrogen-bond donors (Lipinski definition) is 2. The van der Waals surface area contributed by atoms with Gasteiger partial charge in [0.05, 0.1) is 30.2 Å². The standard InChI is InChI=1S/C21H19ClN4O3/c22-15-7-5-13(6-8-15)18-10-17(20(28)24-19(12-27)14-3-4-14)21(29)26(25-18)16-2-1-9-23-11-16/h1-2,5-11,14,19,27H,3-4,12H2,(H,24,28). The van der Waals surface area contributed by atoms with E-state index in [0.29, 0.717) is 22.0 Å². The molecule has 1 atom stereocenters. The third-order valence-corrected chi connectivity index (χ3v) is 5.14. The molecule has 1 fully saturated rings. The molecule has 1 unspecified atom stereocenters. The molecule has 1 amide bonds. The Morgan fingerprint density at radius 2 is 2.03 bits per heavy atom. The summed E-state index contributed by atoms with van der Waals surface area (Å²) in [7, 11) is 0. The summed E-state index contributed by atoms with van der Waals surface area (Å²) in [5, 5.41) is 17.3. The molecule has 8 heteroatoms. The zero-order valence-corrected chi connectivity index (χ0v) is 16.2. The van der Waals surface area contributed by atoms with Gasteiger partial charge in [-0.2, -0.15) is 9.78 Å². The molecule has 0 spiro atoms. The van der Waals surface area contributed by atoms with Crippen molar-refractivity contribution in [2.75, 3.05) is 6.61 Å². The minimum Gasteiger partial charge on any atom is -0.394 e. The van der Waals surface area contributed by atoms with Gasteiger partial charge in [-0.15, -0.1) is 0 Å². The second-order valence-electron chi connectivity index (χ2n) is 6.98. The highest BCUT2D eigenvalue weighted by Crippen LogP contribution is 2.32. The minimum absolute atomic E-state index is 0.0482. The van der Waals surface area contributed by atoms with Crippen LogP contribution in [0, 0.1) is 5.92 Å². The molecule has 0 radical (unpaired) electrons. The van der Waals surface area contributed by atoms with Crippen LogP contribution in [-0.2, 0) is 0 Å². The summed E-state index contributed by atoms with van der Waals surface area (Å²) in [6, 6.07) is 11.5. The fourth-order valence-electron chi connectivity index (χ4n) is 3.13. The number of nitrogens with one attached hydrogen (secondary N) is 1. The molecule has 0 bridgehead atoms. The van der Waals surface area contributed by atoms with E-state index in [4.69, 9.17) is 11.6 Å². The van der Waals surface area contributed by atoms with Gasteiger partial charge in [0, 0.05) is 16.8 Å². The van der Waals surface area contributed by atoms with Crippen molar-refractivity contribution in [2.24, 2.45) is 5.92 Å². The van der Waals surface area contributed by atoms with Crippen LogP contribution in [0.4, 0.5) is 0 Å². The van der Waals surface area contributed by atoms with Crippen LogP contribution in [-0.4, -0.2) is 38.4 Å². The molecule has 0 aliphatic heterocycles. The molecular formula is C21H19ClN4O3. The number of aromatic nitrogens is 3. The number of pyridine rings is 1. The third-order valence-electron chi connectivity index (χ3n) is 4.89. The van der Waals surface area contributed by atoms with Gasteiger partial charge in [-0.05, 0) is 49.1 Å². The summed E-state index contributed by atoms with van der Waals surface area (Å²) in [6.07, 6.45) is 5.00. The Balaban J connectivity index is 1.80. The van der Waals surface area contributed by atoms with Gasteiger partial charge in [0.15, 0.2) is 0 Å². The van der Waals surface area contributed by atoms with Gasteiger partial charge in [-0.3, -0.25) is 14.6 Å². The molecule has 7 nitrogen and oxygen atoms in total. The van der Waals surface area contributed by atoms with E-state index in [2.05, 4.69) is 15.4 Å². The predicted molar refractivity (Wildman–Crippen MR) is 109 cm³/mol. The first-order chi connectivity index (χ1) is 14.1. The van der Waals surface area contributed by atoms with Crippen LogP contribution < -0.4 is 10.9 Å².